The summed E-state index contributed by atoms with van der Waals surface area (Å²) in [6.07, 6.45) is 0.271. The van der Waals surface area contributed by atoms with Crippen LogP contribution in [0.5, 0.6) is 11.5 Å². The van der Waals surface area contributed by atoms with Crippen molar-refractivity contribution in [1.82, 2.24) is 10.6 Å². The third kappa shape index (κ3) is 3.88. The molecule has 0 spiro atoms. The lowest BCUT2D eigenvalue weighted by Crippen LogP contribution is -2.44. The smallest absolute Gasteiger partial charge is 0.222 e. The number of carbonyl (C=O) groups is 1. The normalized spacial score (nSPS) is 17.2. The van der Waals surface area contributed by atoms with E-state index < -0.39 is 0 Å². The van der Waals surface area contributed by atoms with E-state index in [4.69, 9.17) is 9.47 Å². The number of amides is 1. The standard InChI is InChI=1S/C18H19BrN2O3/c1-23-15-10-13(18-20-8-7-16(22)21-18)9-14(19)17(15)24-11-12-5-3-2-4-6-12/h2-6,9-10,18,20H,7-8,11H2,1H3,(H,21,22)/t18-/m0/s1. The van der Waals surface area contributed by atoms with Gasteiger partial charge < -0.3 is 14.8 Å². The van der Waals surface area contributed by atoms with Crippen LogP contribution >= 0.6 is 15.9 Å². The Bertz CT molecular complexity index is 722. The van der Waals surface area contributed by atoms with Gasteiger partial charge in [-0.1, -0.05) is 30.3 Å². The number of carbonyl (C=O) groups excluding carboxylic acids is 1. The van der Waals surface area contributed by atoms with Crippen LogP contribution < -0.4 is 20.1 Å². The molecule has 0 saturated carbocycles. The largest absolute Gasteiger partial charge is 0.493 e. The van der Waals surface area contributed by atoms with Gasteiger partial charge in [0.25, 0.3) is 0 Å². The first-order valence-corrected chi connectivity index (χ1v) is 8.53. The summed E-state index contributed by atoms with van der Waals surface area (Å²) in [5.74, 6) is 1.31. The van der Waals surface area contributed by atoms with Crippen molar-refractivity contribution in [2.24, 2.45) is 0 Å². The van der Waals surface area contributed by atoms with Crippen LogP contribution in [-0.2, 0) is 11.4 Å². The Kier molecular flexibility index (Phi) is 5.37. The molecule has 2 aromatic rings. The Hall–Kier alpha value is -2.05. The van der Waals surface area contributed by atoms with Crippen molar-refractivity contribution in [3.8, 4) is 11.5 Å². The lowest BCUT2D eigenvalue weighted by Gasteiger charge is -2.26. The molecule has 1 aliphatic rings. The number of benzene rings is 2. The summed E-state index contributed by atoms with van der Waals surface area (Å²) in [5, 5.41) is 6.19. The molecule has 5 nitrogen and oxygen atoms in total. The van der Waals surface area contributed by atoms with E-state index in [-0.39, 0.29) is 12.1 Å². The zero-order valence-corrected chi connectivity index (χ0v) is 14.9. The van der Waals surface area contributed by atoms with Gasteiger partial charge in [-0.05, 0) is 39.2 Å². The predicted octanol–water partition coefficient (Wildman–Crippen LogP) is 3.14. The number of hydrogen-bond donors (Lipinski definition) is 2. The van der Waals surface area contributed by atoms with Crippen molar-refractivity contribution in [3.63, 3.8) is 0 Å². The van der Waals surface area contributed by atoms with Crippen LogP contribution in [0.1, 0.15) is 23.7 Å². The Balaban J connectivity index is 1.81. The second kappa shape index (κ2) is 7.68. The third-order valence-electron chi connectivity index (χ3n) is 3.82. The summed E-state index contributed by atoms with van der Waals surface area (Å²) >= 11 is 3.55. The Labute approximate surface area is 149 Å². The van der Waals surface area contributed by atoms with Gasteiger partial charge in [0.2, 0.25) is 5.91 Å². The molecule has 2 N–H and O–H groups in total. The molecule has 0 bridgehead atoms. The van der Waals surface area contributed by atoms with Gasteiger partial charge in [-0.3, -0.25) is 10.1 Å². The molecule has 0 radical (unpaired) electrons. The van der Waals surface area contributed by atoms with E-state index >= 15 is 0 Å². The summed E-state index contributed by atoms with van der Waals surface area (Å²) in [6.45, 7) is 1.11. The van der Waals surface area contributed by atoms with Crippen LogP contribution in [0.4, 0.5) is 0 Å². The minimum absolute atomic E-state index is 0.0400. The van der Waals surface area contributed by atoms with Gasteiger partial charge in [-0.25, -0.2) is 0 Å². The molecule has 0 aliphatic carbocycles. The fourth-order valence-electron chi connectivity index (χ4n) is 2.59. The molecule has 126 valence electrons. The van der Waals surface area contributed by atoms with Gasteiger partial charge >= 0.3 is 0 Å². The maximum absolute atomic E-state index is 11.6. The van der Waals surface area contributed by atoms with Gasteiger partial charge in [0.1, 0.15) is 12.8 Å². The van der Waals surface area contributed by atoms with Gasteiger partial charge in [-0.15, -0.1) is 0 Å². The number of methoxy groups -OCH3 is 1. The minimum Gasteiger partial charge on any atom is -0.493 e. The molecule has 1 saturated heterocycles. The molecular formula is C18H19BrN2O3. The van der Waals surface area contributed by atoms with E-state index in [0.29, 0.717) is 31.1 Å². The molecule has 6 heteroatoms. The second-order valence-electron chi connectivity index (χ2n) is 5.51. The van der Waals surface area contributed by atoms with E-state index in [0.717, 1.165) is 15.6 Å². The first-order chi connectivity index (χ1) is 11.7. The summed E-state index contributed by atoms with van der Waals surface area (Å²) in [5.41, 5.74) is 2.00. The predicted molar refractivity (Wildman–Crippen MR) is 95.0 cm³/mol. The number of halogens is 1. The van der Waals surface area contributed by atoms with Crippen molar-refractivity contribution in [3.05, 3.63) is 58.1 Å². The number of rotatable bonds is 5. The maximum Gasteiger partial charge on any atom is 0.222 e. The topological polar surface area (TPSA) is 59.6 Å². The fourth-order valence-corrected chi connectivity index (χ4v) is 3.17. The average molecular weight is 391 g/mol. The van der Waals surface area contributed by atoms with Crippen molar-refractivity contribution >= 4 is 21.8 Å². The number of nitrogens with one attached hydrogen (secondary N) is 2. The average Bonchev–Trinajstić information content (AvgIpc) is 2.61. The van der Waals surface area contributed by atoms with Crippen LogP contribution in [0.25, 0.3) is 0 Å². The minimum atomic E-state index is -0.223. The molecule has 1 atom stereocenters. The van der Waals surface area contributed by atoms with Crippen molar-refractivity contribution in [2.45, 2.75) is 19.2 Å². The Morgan fingerprint density at radius 1 is 1.25 bits per heavy atom. The SMILES string of the molecule is COc1cc([C@H]2NCCC(=O)N2)cc(Br)c1OCc1ccccc1. The maximum atomic E-state index is 11.6. The fraction of sp³-hybridized carbons (Fsp3) is 0.278. The van der Waals surface area contributed by atoms with Gasteiger partial charge in [0, 0.05) is 13.0 Å². The highest BCUT2D eigenvalue weighted by Gasteiger charge is 2.22. The van der Waals surface area contributed by atoms with Crippen LogP contribution in [0.15, 0.2) is 46.9 Å². The molecule has 2 aromatic carbocycles. The summed E-state index contributed by atoms with van der Waals surface area (Å²) in [6, 6.07) is 13.8. The lowest BCUT2D eigenvalue weighted by atomic mass is 10.1. The zero-order valence-electron chi connectivity index (χ0n) is 13.3. The summed E-state index contributed by atoms with van der Waals surface area (Å²) < 4.78 is 12.2. The summed E-state index contributed by atoms with van der Waals surface area (Å²) in [4.78, 5) is 11.6. The van der Waals surface area contributed by atoms with Crippen LogP contribution in [0.3, 0.4) is 0 Å². The molecule has 3 rings (SSSR count). The Morgan fingerprint density at radius 3 is 2.75 bits per heavy atom. The number of ether oxygens (including phenoxy) is 2. The number of hydrogen-bond acceptors (Lipinski definition) is 4. The first-order valence-electron chi connectivity index (χ1n) is 7.74. The van der Waals surface area contributed by atoms with Gasteiger partial charge in [-0.2, -0.15) is 0 Å². The summed E-state index contributed by atoms with van der Waals surface area (Å²) in [7, 11) is 1.60. The quantitative estimate of drug-likeness (QED) is 0.822. The van der Waals surface area contributed by atoms with E-state index in [1.807, 2.05) is 42.5 Å². The molecule has 1 aliphatic heterocycles. The second-order valence-corrected chi connectivity index (χ2v) is 6.37. The van der Waals surface area contributed by atoms with Gasteiger partial charge in [0.15, 0.2) is 11.5 Å². The van der Waals surface area contributed by atoms with E-state index in [1.165, 1.54) is 0 Å². The molecular weight excluding hydrogens is 372 g/mol. The molecule has 24 heavy (non-hydrogen) atoms. The highest BCUT2D eigenvalue weighted by Crippen LogP contribution is 2.38. The van der Waals surface area contributed by atoms with Crippen molar-refractivity contribution in [2.75, 3.05) is 13.7 Å². The highest BCUT2D eigenvalue weighted by atomic mass is 79.9. The molecule has 0 unspecified atom stereocenters. The Morgan fingerprint density at radius 2 is 2.04 bits per heavy atom. The molecule has 1 heterocycles. The molecule has 1 fully saturated rings. The lowest BCUT2D eigenvalue weighted by molar-refractivity contribution is -0.123. The van der Waals surface area contributed by atoms with E-state index in [2.05, 4.69) is 26.6 Å². The van der Waals surface area contributed by atoms with E-state index in [1.54, 1.807) is 7.11 Å². The van der Waals surface area contributed by atoms with Crippen LogP contribution in [0.2, 0.25) is 0 Å². The van der Waals surface area contributed by atoms with Crippen molar-refractivity contribution in [1.29, 1.82) is 0 Å². The molecule has 0 aromatic heterocycles. The first kappa shape index (κ1) is 16.8. The van der Waals surface area contributed by atoms with E-state index in [9.17, 15) is 4.79 Å². The van der Waals surface area contributed by atoms with Crippen molar-refractivity contribution < 1.29 is 14.3 Å². The zero-order chi connectivity index (χ0) is 16.9. The third-order valence-corrected chi connectivity index (χ3v) is 4.41. The van der Waals surface area contributed by atoms with Crippen LogP contribution in [-0.4, -0.2) is 19.6 Å². The monoisotopic (exact) mass is 390 g/mol. The van der Waals surface area contributed by atoms with Crippen LogP contribution in [0, 0.1) is 0 Å². The molecule has 1 amide bonds. The van der Waals surface area contributed by atoms with Gasteiger partial charge in [0.05, 0.1) is 11.6 Å². The highest BCUT2D eigenvalue weighted by molar-refractivity contribution is 9.10.